The van der Waals surface area contributed by atoms with Crippen molar-refractivity contribution in [2.24, 2.45) is 11.7 Å². The SMILES string of the molecule is CC(C)[C@@H]1NC(=O)[C@H](CCCCN)NC(=O)[C@@H](Cc2c[nH]c3ccccc23)NC(=O)[C@H](Cc2ccc(O)cc2)NC(=O)[C@H](C)NC(=O)[C@H](Cc2ccccc2)NC1=O. The van der Waals surface area contributed by atoms with Gasteiger partial charge in [0.05, 0.1) is 0 Å². The lowest BCUT2D eigenvalue weighted by Crippen LogP contribution is -2.62. The Hall–Kier alpha value is -6.22. The number of nitrogens with two attached hydrogens (primary N) is 1. The van der Waals surface area contributed by atoms with Gasteiger partial charge in [-0.1, -0.05) is 74.5 Å². The highest BCUT2D eigenvalue weighted by atomic mass is 16.3. The lowest BCUT2D eigenvalue weighted by Gasteiger charge is -2.30. The van der Waals surface area contributed by atoms with Crippen molar-refractivity contribution in [3.05, 3.63) is 102 Å². The predicted molar refractivity (Wildman–Crippen MR) is 219 cm³/mol. The van der Waals surface area contributed by atoms with Crippen LogP contribution in [-0.4, -0.2) is 88.3 Å². The van der Waals surface area contributed by atoms with Crippen molar-refractivity contribution < 1.29 is 33.9 Å². The van der Waals surface area contributed by atoms with Crippen molar-refractivity contribution in [1.29, 1.82) is 0 Å². The van der Waals surface area contributed by atoms with Crippen molar-refractivity contribution in [3.63, 3.8) is 0 Å². The van der Waals surface area contributed by atoms with Crippen LogP contribution in [0.2, 0.25) is 0 Å². The number of phenols is 1. The third-order valence-electron chi connectivity index (χ3n) is 10.2. The van der Waals surface area contributed by atoms with Gasteiger partial charge in [-0.25, -0.2) is 0 Å². The molecule has 1 aliphatic heterocycles. The van der Waals surface area contributed by atoms with E-state index in [1.807, 2.05) is 30.3 Å². The molecule has 2 heterocycles. The Morgan fingerprint density at radius 3 is 1.78 bits per heavy atom. The number of nitrogens with one attached hydrogen (secondary N) is 7. The number of aromatic amines is 1. The molecule has 3 aromatic carbocycles. The van der Waals surface area contributed by atoms with Crippen LogP contribution < -0.4 is 37.6 Å². The van der Waals surface area contributed by atoms with Gasteiger partial charge in [0.15, 0.2) is 0 Å². The molecule has 6 atom stereocenters. The number of H-pyrrole nitrogens is 1. The summed E-state index contributed by atoms with van der Waals surface area (Å²) in [5.41, 5.74) is 8.65. The van der Waals surface area contributed by atoms with Gasteiger partial charge in [0.1, 0.15) is 42.0 Å². The number of rotatable bonds is 11. The molecule has 0 bridgehead atoms. The van der Waals surface area contributed by atoms with Crippen molar-refractivity contribution in [3.8, 4) is 5.75 Å². The zero-order valence-electron chi connectivity index (χ0n) is 33.0. The summed E-state index contributed by atoms with van der Waals surface area (Å²) >= 11 is 0. The average Bonchev–Trinajstić information content (AvgIpc) is 3.61. The highest BCUT2D eigenvalue weighted by molar-refractivity contribution is 5.98. The lowest BCUT2D eigenvalue weighted by atomic mass is 9.99. The number of para-hydroxylation sites is 1. The molecule has 15 heteroatoms. The Morgan fingerprint density at radius 1 is 0.586 bits per heavy atom. The van der Waals surface area contributed by atoms with Gasteiger partial charge in [-0.05, 0) is 73.5 Å². The van der Waals surface area contributed by atoms with Gasteiger partial charge in [0, 0.05) is 36.4 Å². The van der Waals surface area contributed by atoms with Crippen LogP contribution in [0.4, 0.5) is 0 Å². The molecule has 0 spiro atoms. The molecule has 0 aliphatic carbocycles. The van der Waals surface area contributed by atoms with E-state index in [0.717, 1.165) is 22.0 Å². The Morgan fingerprint density at radius 2 is 1.12 bits per heavy atom. The minimum Gasteiger partial charge on any atom is -0.508 e. The Balaban J connectivity index is 1.54. The van der Waals surface area contributed by atoms with E-state index in [4.69, 9.17) is 5.73 Å². The van der Waals surface area contributed by atoms with E-state index in [2.05, 4.69) is 36.9 Å². The van der Waals surface area contributed by atoms with Crippen LogP contribution in [0.5, 0.6) is 5.75 Å². The van der Waals surface area contributed by atoms with Crippen molar-refractivity contribution in [2.45, 2.75) is 95.5 Å². The molecule has 0 unspecified atom stereocenters. The number of benzene rings is 3. The molecule has 4 aromatic rings. The molecule has 5 rings (SSSR count). The normalized spacial score (nSPS) is 22.8. The summed E-state index contributed by atoms with van der Waals surface area (Å²) in [6, 6.07) is 15.6. The molecular formula is C43H54N8O7. The topological polar surface area (TPSA) is 237 Å². The van der Waals surface area contributed by atoms with E-state index in [0.29, 0.717) is 24.9 Å². The maximum atomic E-state index is 14.4. The number of amides is 6. The van der Waals surface area contributed by atoms with Crippen LogP contribution in [0.25, 0.3) is 10.9 Å². The maximum absolute atomic E-state index is 14.4. The molecular weight excluding hydrogens is 741 g/mol. The molecule has 1 aromatic heterocycles. The highest BCUT2D eigenvalue weighted by Gasteiger charge is 2.35. The molecule has 308 valence electrons. The third-order valence-corrected chi connectivity index (χ3v) is 10.2. The first-order valence-electron chi connectivity index (χ1n) is 19.7. The van der Waals surface area contributed by atoms with Gasteiger partial charge < -0.3 is 47.7 Å². The first-order chi connectivity index (χ1) is 27.8. The minimum atomic E-state index is -1.25. The van der Waals surface area contributed by atoms with Crippen molar-refractivity contribution >= 4 is 46.3 Å². The minimum absolute atomic E-state index is 0.00987. The van der Waals surface area contributed by atoms with E-state index < -0.39 is 77.6 Å². The van der Waals surface area contributed by atoms with Gasteiger partial charge in [0.2, 0.25) is 35.4 Å². The summed E-state index contributed by atoms with van der Waals surface area (Å²) in [5, 5.41) is 27.4. The van der Waals surface area contributed by atoms with Gasteiger partial charge in [-0.3, -0.25) is 28.8 Å². The fourth-order valence-electron chi connectivity index (χ4n) is 6.90. The largest absolute Gasteiger partial charge is 0.508 e. The zero-order chi connectivity index (χ0) is 41.8. The van der Waals surface area contributed by atoms with Crippen LogP contribution in [-0.2, 0) is 48.0 Å². The van der Waals surface area contributed by atoms with Gasteiger partial charge in [-0.2, -0.15) is 0 Å². The second-order valence-corrected chi connectivity index (χ2v) is 15.1. The Labute approximate surface area is 337 Å². The summed E-state index contributed by atoms with van der Waals surface area (Å²) < 4.78 is 0. The van der Waals surface area contributed by atoms with Crippen LogP contribution in [0.15, 0.2) is 85.1 Å². The molecule has 1 saturated heterocycles. The fourth-order valence-corrected chi connectivity index (χ4v) is 6.90. The van der Waals surface area contributed by atoms with E-state index in [1.165, 1.54) is 19.1 Å². The van der Waals surface area contributed by atoms with Crippen LogP contribution >= 0.6 is 0 Å². The summed E-state index contributed by atoms with van der Waals surface area (Å²) in [6.07, 6.45) is 3.04. The van der Waals surface area contributed by atoms with Crippen LogP contribution in [0.3, 0.4) is 0 Å². The number of fused-ring (bicyclic) bond motifs is 1. The number of phenolic OH excluding ortho intramolecular Hbond substituents is 1. The molecule has 10 N–H and O–H groups in total. The van der Waals surface area contributed by atoms with Crippen molar-refractivity contribution in [2.75, 3.05) is 6.54 Å². The number of carbonyl (C=O) groups is 6. The quantitative estimate of drug-likeness (QED) is 0.101. The lowest BCUT2D eigenvalue weighted by molar-refractivity contribution is -0.137. The molecule has 1 fully saturated rings. The summed E-state index contributed by atoms with van der Waals surface area (Å²) in [6.45, 7) is 5.31. The number of carbonyl (C=O) groups excluding carboxylic acids is 6. The molecule has 0 radical (unpaired) electrons. The van der Waals surface area contributed by atoms with Crippen LogP contribution in [0.1, 0.15) is 56.7 Å². The van der Waals surface area contributed by atoms with Gasteiger partial charge in [0.25, 0.3) is 0 Å². The van der Waals surface area contributed by atoms with Gasteiger partial charge >= 0.3 is 0 Å². The second kappa shape index (κ2) is 20.3. The smallest absolute Gasteiger partial charge is 0.243 e. The van der Waals surface area contributed by atoms with E-state index in [1.54, 1.807) is 56.4 Å². The van der Waals surface area contributed by atoms with E-state index in [9.17, 15) is 33.9 Å². The van der Waals surface area contributed by atoms with Gasteiger partial charge in [-0.15, -0.1) is 0 Å². The first-order valence-corrected chi connectivity index (χ1v) is 19.7. The average molecular weight is 795 g/mol. The highest BCUT2D eigenvalue weighted by Crippen LogP contribution is 2.20. The zero-order valence-corrected chi connectivity index (χ0v) is 33.0. The van der Waals surface area contributed by atoms with E-state index in [-0.39, 0.29) is 31.4 Å². The molecule has 15 nitrogen and oxygen atoms in total. The Bertz CT molecular complexity index is 2050. The standard InChI is InChI=1S/C43H54N8O7/c1-25(2)37-43(58)50-34(21-27-11-5-4-6-12-27)40(55)46-26(3)38(53)48-35(22-28-16-18-30(52)19-17-28)41(56)49-36(23-29-24-45-32-14-8-7-13-31(29)32)42(57)47-33(39(54)51-37)15-9-10-20-44/h4-8,11-14,16-19,24-26,33-37,45,52H,9-10,15,20-23,44H2,1-3H3,(H,46,55)(H,47,57)(H,48,53)(H,49,56)(H,50,58)(H,51,54)/t26-,33-,34-,35-,36+,37-/m0/s1. The van der Waals surface area contributed by atoms with Crippen LogP contribution in [0, 0.1) is 5.92 Å². The molecule has 0 saturated carbocycles. The molecule has 6 amide bonds. The second-order valence-electron chi connectivity index (χ2n) is 15.1. The van der Waals surface area contributed by atoms with E-state index >= 15 is 0 Å². The first kappa shape index (κ1) is 42.9. The van der Waals surface area contributed by atoms with Crippen molar-refractivity contribution in [1.82, 2.24) is 36.9 Å². The summed E-state index contributed by atoms with van der Waals surface area (Å²) in [7, 11) is 0. The molecule has 1 aliphatic rings. The number of hydrogen-bond acceptors (Lipinski definition) is 8. The summed E-state index contributed by atoms with van der Waals surface area (Å²) in [4.78, 5) is 87.6. The fraction of sp³-hybridized carbons (Fsp3) is 0.395. The number of aromatic nitrogens is 1. The predicted octanol–water partition coefficient (Wildman–Crippen LogP) is 1.63. The Kier molecular flexibility index (Phi) is 15.0. The molecule has 58 heavy (non-hydrogen) atoms. The monoisotopic (exact) mass is 794 g/mol. The maximum Gasteiger partial charge on any atom is 0.243 e. The third kappa shape index (κ3) is 11.7. The number of hydrogen-bond donors (Lipinski definition) is 9. The summed E-state index contributed by atoms with van der Waals surface area (Å²) in [5.74, 6) is -4.36. The number of unbranched alkanes of at least 4 members (excludes halogenated alkanes) is 1. The number of aromatic hydroxyl groups is 1.